The molecule has 220 valence electrons. The van der Waals surface area contributed by atoms with Crippen LogP contribution in [0.15, 0.2) is 77.7 Å². The quantitative estimate of drug-likeness (QED) is 0.265. The van der Waals surface area contributed by atoms with Crippen molar-refractivity contribution in [3.05, 3.63) is 94.5 Å². The number of nitrogens with one attached hydrogen (secondary N) is 1. The van der Waals surface area contributed by atoms with Crippen LogP contribution in [0.3, 0.4) is 0 Å². The Morgan fingerprint density at radius 3 is 2.00 bits per heavy atom. The Kier molecular flexibility index (Phi) is 11.0. The van der Waals surface area contributed by atoms with Gasteiger partial charge >= 0.3 is 0 Å². The number of anilines is 1. The lowest BCUT2D eigenvalue weighted by Gasteiger charge is -2.32. The van der Waals surface area contributed by atoms with Crippen LogP contribution in [0.25, 0.3) is 0 Å². The van der Waals surface area contributed by atoms with Crippen molar-refractivity contribution in [3.63, 3.8) is 0 Å². The van der Waals surface area contributed by atoms with Gasteiger partial charge in [0.1, 0.15) is 12.6 Å². The molecule has 0 aromatic heterocycles. The molecule has 3 rings (SSSR count). The summed E-state index contributed by atoms with van der Waals surface area (Å²) in [5, 5.41) is 3.49. The number of sulfonamides is 1. The van der Waals surface area contributed by atoms with Gasteiger partial charge in [-0.15, -0.1) is 0 Å². The zero-order valence-electron chi connectivity index (χ0n) is 24.6. The fraction of sp³-hybridized carbons (Fsp3) is 0.375. The first-order valence-electron chi connectivity index (χ1n) is 13.9. The van der Waals surface area contributed by atoms with Gasteiger partial charge in [-0.3, -0.25) is 13.9 Å². The maximum atomic E-state index is 14.0. The number of hydrogen-bond donors (Lipinski definition) is 1. The van der Waals surface area contributed by atoms with E-state index >= 15 is 0 Å². The van der Waals surface area contributed by atoms with Crippen molar-refractivity contribution in [3.8, 4) is 0 Å². The topological polar surface area (TPSA) is 86.8 Å². The first-order valence-corrected chi connectivity index (χ1v) is 15.7. The van der Waals surface area contributed by atoms with Crippen LogP contribution in [0.4, 0.5) is 5.69 Å². The highest BCUT2D eigenvalue weighted by atomic mass is 35.5. The number of carbonyl (C=O) groups is 2. The molecule has 7 nitrogen and oxygen atoms in total. The summed E-state index contributed by atoms with van der Waals surface area (Å²) in [6.45, 7) is 11.1. The fourth-order valence-electron chi connectivity index (χ4n) is 4.23. The number of nitrogens with zero attached hydrogens (tertiary/aromatic N) is 2. The minimum atomic E-state index is -4.11. The highest BCUT2D eigenvalue weighted by Gasteiger charge is 2.32. The molecule has 0 aliphatic carbocycles. The van der Waals surface area contributed by atoms with Gasteiger partial charge in [-0.2, -0.15) is 0 Å². The Hall–Kier alpha value is -3.36. The zero-order chi connectivity index (χ0) is 30.3. The van der Waals surface area contributed by atoms with Gasteiger partial charge in [0.05, 0.1) is 10.6 Å². The predicted octanol–water partition coefficient (Wildman–Crippen LogP) is 6.30. The van der Waals surface area contributed by atoms with E-state index in [1.165, 1.54) is 17.0 Å². The van der Waals surface area contributed by atoms with Crippen molar-refractivity contribution in [1.29, 1.82) is 0 Å². The van der Waals surface area contributed by atoms with E-state index in [2.05, 4.69) is 19.2 Å². The van der Waals surface area contributed by atoms with Gasteiger partial charge in [0.15, 0.2) is 0 Å². The molecule has 2 amide bonds. The second kappa shape index (κ2) is 14.0. The molecule has 0 aliphatic rings. The monoisotopic (exact) mass is 597 g/mol. The Morgan fingerprint density at radius 2 is 1.46 bits per heavy atom. The summed E-state index contributed by atoms with van der Waals surface area (Å²) in [5.41, 5.74) is 3.10. The van der Waals surface area contributed by atoms with Gasteiger partial charge in [0.25, 0.3) is 10.0 Å². The number of hydrogen-bond acceptors (Lipinski definition) is 4. The Balaban J connectivity index is 2.03. The lowest BCUT2D eigenvalue weighted by Crippen LogP contribution is -2.52. The first-order chi connectivity index (χ1) is 19.3. The summed E-state index contributed by atoms with van der Waals surface area (Å²) in [4.78, 5) is 28.7. The van der Waals surface area contributed by atoms with Crippen LogP contribution in [0, 0.1) is 6.92 Å². The minimum absolute atomic E-state index is 0.0738. The highest BCUT2D eigenvalue weighted by Crippen LogP contribution is 2.27. The molecule has 0 aliphatic heterocycles. The van der Waals surface area contributed by atoms with E-state index in [-0.39, 0.29) is 29.3 Å². The van der Waals surface area contributed by atoms with Gasteiger partial charge in [0, 0.05) is 17.6 Å². The summed E-state index contributed by atoms with van der Waals surface area (Å²) in [7, 11) is -4.11. The smallest absolute Gasteiger partial charge is 0.264 e. The van der Waals surface area contributed by atoms with E-state index in [1.807, 2.05) is 32.9 Å². The minimum Gasteiger partial charge on any atom is -0.352 e. The molecular formula is C32H40ClN3O4S. The van der Waals surface area contributed by atoms with E-state index in [0.717, 1.165) is 27.4 Å². The molecular weight excluding hydrogens is 558 g/mol. The maximum absolute atomic E-state index is 14.0. The Labute approximate surface area is 249 Å². The number of amides is 2. The van der Waals surface area contributed by atoms with Gasteiger partial charge in [-0.25, -0.2) is 8.42 Å². The van der Waals surface area contributed by atoms with Crippen LogP contribution in [0.5, 0.6) is 0 Å². The molecule has 0 heterocycles. The standard InChI is InChI=1S/C32H40ClN3O4S/c1-7-24(5)34-32(38)25(6)35(20-26-10-14-28(33)15-11-26)31(37)21-36(29-16-12-27(13-17-29)22(2)3)41(39,40)30-18-8-23(4)9-19-30/h8-19,22,24-25H,7,20-21H2,1-6H3,(H,34,38)/t24-,25+/m1/s1. The van der Waals surface area contributed by atoms with Crippen LogP contribution < -0.4 is 9.62 Å². The average Bonchev–Trinajstić information content (AvgIpc) is 2.95. The second-order valence-electron chi connectivity index (χ2n) is 10.7. The molecule has 2 atom stereocenters. The summed E-state index contributed by atoms with van der Waals surface area (Å²) < 4.78 is 29.1. The number of carbonyl (C=O) groups excluding carboxylic acids is 2. The van der Waals surface area contributed by atoms with Crippen LogP contribution in [0.1, 0.15) is 63.6 Å². The number of halogens is 1. The largest absolute Gasteiger partial charge is 0.352 e. The molecule has 0 radical (unpaired) electrons. The number of rotatable bonds is 12. The van der Waals surface area contributed by atoms with Gasteiger partial charge in [-0.1, -0.05) is 74.3 Å². The molecule has 9 heteroatoms. The Morgan fingerprint density at radius 1 is 0.878 bits per heavy atom. The molecule has 0 saturated heterocycles. The summed E-state index contributed by atoms with van der Waals surface area (Å²) in [6, 6.07) is 19.8. The van der Waals surface area contributed by atoms with Crippen molar-refractivity contribution in [1.82, 2.24) is 10.2 Å². The molecule has 0 saturated carbocycles. The normalized spacial score (nSPS) is 13.0. The summed E-state index contributed by atoms with van der Waals surface area (Å²) >= 11 is 6.06. The fourth-order valence-corrected chi connectivity index (χ4v) is 5.77. The zero-order valence-corrected chi connectivity index (χ0v) is 26.2. The molecule has 0 unspecified atom stereocenters. The third-order valence-electron chi connectivity index (χ3n) is 7.17. The van der Waals surface area contributed by atoms with Crippen LogP contribution >= 0.6 is 11.6 Å². The second-order valence-corrected chi connectivity index (χ2v) is 13.0. The van der Waals surface area contributed by atoms with Gasteiger partial charge in [0.2, 0.25) is 11.8 Å². The van der Waals surface area contributed by atoms with Crippen LogP contribution in [0.2, 0.25) is 5.02 Å². The van der Waals surface area contributed by atoms with Gasteiger partial charge < -0.3 is 10.2 Å². The van der Waals surface area contributed by atoms with Crippen molar-refractivity contribution in [2.45, 2.75) is 77.4 Å². The van der Waals surface area contributed by atoms with E-state index in [4.69, 9.17) is 11.6 Å². The van der Waals surface area contributed by atoms with E-state index in [9.17, 15) is 18.0 Å². The average molecular weight is 598 g/mol. The maximum Gasteiger partial charge on any atom is 0.264 e. The molecule has 0 bridgehead atoms. The summed E-state index contributed by atoms with van der Waals surface area (Å²) in [5.74, 6) is -0.557. The molecule has 3 aromatic rings. The van der Waals surface area contributed by atoms with E-state index in [0.29, 0.717) is 10.7 Å². The number of aryl methyl sites for hydroxylation is 1. The Bertz CT molecular complexity index is 1420. The lowest BCUT2D eigenvalue weighted by molar-refractivity contribution is -0.139. The highest BCUT2D eigenvalue weighted by molar-refractivity contribution is 7.92. The molecule has 3 aromatic carbocycles. The van der Waals surface area contributed by atoms with Crippen molar-refractivity contribution in [2.75, 3.05) is 10.8 Å². The summed E-state index contributed by atoms with van der Waals surface area (Å²) in [6.07, 6.45) is 0.735. The molecule has 0 fully saturated rings. The SMILES string of the molecule is CC[C@@H](C)NC(=O)[C@H](C)N(Cc1ccc(Cl)cc1)C(=O)CN(c1ccc(C(C)C)cc1)S(=O)(=O)c1ccc(C)cc1. The van der Waals surface area contributed by atoms with Crippen molar-refractivity contribution in [2.24, 2.45) is 0 Å². The lowest BCUT2D eigenvalue weighted by atomic mass is 10.0. The third kappa shape index (κ3) is 8.33. The molecule has 0 spiro atoms. The third-order valence-corrected chi connectivity index (χ3v) is 9.21. The van der Waals surface area contributed by atoms with E-state index in [1.54, 1.807) is 55.5 Å². The molecule has 1 N–H and O–H groups in total. The molecule has 41 heavy (non-hydrogen) atoms. The first kappa shape index (κ1) is 32.2. The van der Waals surface area contributed by atoms with Crippen molar-refractivity contribution >= 4 is 39.1 Å². The number of benzene rings is 3. The van der Waals surface area contributed by atoms with Crippen LogP contribution in [-0.2, 0) is 26.2 Å². The van der Waals surface area contributed by atoms with Crippen molar-refractivity contribution < 1.29 is 18.0 Å². The van der Waals surface area contributed by atoms with Crippen LogP contribution in [-0.4, -0.2) is 43.8 Å². The van der Waals surface area contributed by atoms with Gasteiger partial charge in [-0.05, 0) is 80.6 Å². The predicted molar refractivity (Wildman–Crippen MR) is 166 cm³/mol. The van der Waals surface area contributed by atoms with E-state index < -0.39 is 28.5 Å².